The van der Waals surface area contributed by atoms with Gasteiger partial charge in [0.15, 0.2) is 5.96 Å². The SMILES string of the molecule is CN=C(NCCC(=O)NCc1ccccc1)NCC1CCCS1.I. The van der Waals surface area contributed by atoms with Gasteiger partial charge in [-0.05, 0) is 24.2 Å². The Morgan fingerprint density at radius 3 is 2.71 bits per heavy atom. The van der Waals surface area contributed by atoms with Gasteiger partial charge in [-0.1, -0.05) is 30.3 Å². The minimum absolute atomic E-state index is 0. The molecule has 1 aromatic rings. The molecule has 0 spiro atoms. The van der Waals surface area contributed by atoms with Crippen molar-refractivity contribution >= 4 is 47.6 Å². The number of nitrogens with zero attached hydrogens (tertiary/aromatic N) is 1. The average Bonchev–Trinajstić information content (AvgIpc) is 3.10. The van der Waals surface area contributed by atoms with Gasteiger partial charge in [-0.2, -0.15) is 11.8 Å². The molecule has 1 fully saturated rings. The number of carbonyl (C=O) groups is 1. The van der Waals surface area contributed by atoms with Crippen LogP contribution in [0.25, 0.3) is 0 Å². The number of nitrogens with one attached hydrogen (secondary N) is 3. The number of hydrogen-bond donors (Lipinski definition) is 3. The van der Waals surface area contributed by atoms with E-state index in [-0.39, 0.29) is 29.9 Å². The van der Waals surface area contributed by atoms with Crippen molar-refractivity contribution < 1.29 is 4.79 Å². The first-order valence-electron chi connectivity index (χ1n) is 8.14. The standard InChI is InChI=1S/C17H26N4OS.HI/c1-18-17(21-13-15-8-5-11-23-15)19-10-9-16(22)20-12-14-6-3-2-4-7-14;/h2-4,6-7,15H,5,8-13H2,1H3,(H,20,22)(H2,18,19,21);1H. The van der Waals surface area contributed by atoms with Crippen molar-refractivity contribution in [1.82, 2.24) is 16.0 Å². The molecule has 0 aliphatic carbocycles. The number of rotatable bonds is 7. The monoisotopic (exact) mass is 462 g/mol. The van der Waals surface area contributed by atoms with Crippen LogP contribution in [0.15, 0.2) is 35.3 Å². The van der Waals surface area contributed by atoms with Crippen LogP contribution in [0, 0.1) is 0 Å². The topological polar surface area (TPSA) is 65.5 Å². The number of carbonyl (C=O) groups excluding carboxylic acids is 1. The maximum Gasteiger partial charge on any atom is 0.222 e. The van der Waals surface area contributed by atoms with E-state index in [0.717, 1.165) is 18.1 Å². The summed E-state index contributed by atoms with van der Waals surface area (Å²) >= 11 is 2.02. The molecule has 2 rings (SSSR count). The first kappa shape index (κ1) is 21.1. The van der Waals surface area contributed by atoms with Gasteiger partial charge in [-0.25, -0.2) is 0 Å². The Labute approximate surface area is 165 Å². The van der Waals surface area contributed by atoms with E-state index in [1.165, 1.54) is 18.6 Å². The zero-order valence-electron chi connectivity index (χ0n) is 14.1. The minimum Gasteiger partial charge on any atom is -0.356 e. The Morgan fingerprint density at radius 1 is 1.25 bits per heavy atom. The number of guanidine groups is 1. The summed E-state index contributed by atoms with van der Waals surface area (Å²) in [5, 5.41) is 10.1. The molecule has 1 unspecified atom stereocenters. The highest BCUT2D eigenvalue weighted by atomic mass is 127. The zero-order valence-corrected chi connectivity index (χ0v) is 17.2. The van der Waals surface area contributed by atoms with Crippen LogP contribution in [0.5, 0.6) is 0 Å². The predicted octanol–water partition coefficient (Wildman–Crippen LogP) is 2.37. The molecule has 1 heterocycles. The molecule has 7 heteroatoms. The molecular weight excluding hydrogens is 435 g/mol. The Hall–Kier alpha value is -0.960. The third-order valence-electron chi connectivity index (χ3n) is 3.72. The molecule has 0 radical (unpaired) electrons. The second-order valence-electron chi connectivity index (χ2n) is 5.53. The van der Waals surface area contributed by atoms with Crippen molar-refractivity contribution in [3.63, 3.8) is 0 Å². The summed E-state index contributed by atoms with van der Waals surface area (Å²) in [6.07, 6.45) is 3.02. The van der Waals surface area contributed by atoms with E-state index in [9.17, 15) is 4.79 Å². The molecule has 0 saturated carbocycles. The van der Waals surface area contributed by atoms with Gasteiger partial charge in [0.25, 0.3) is 0 Å². The average molecular weight is 462 g/mol. The fourth-order valence-electron chi connectivity index (χ4n) is 2.42. The molecule has 1 atom stereocenters. The third-order valence-corrected chi connectivity index (χ3v) is 5.12. The van der Waals surface area contributed by atoms with Gasteiger partial charge < -0.3 is 16.0 Å². The van der Waals surface area contributed by atoms with Gasteiger partial charge >= 0.3 is 0 Å². The smallest absolute Gasteiger partial charge is 0.222 e. The van der Waals surface area contributed by atoms with E-state index in [1.807, 2.05) is 42.1 Å². The number of thioether (sulfide) groups is 1. The molecule has 1 amide bonds. The maximum absolute atomic E-state index is 11.8. The van der Waals surface area contributed by atoms with Crippen LogP contribution in [0.4, 0.5) is 0 Å². The van der Waals surface area contributed by atoms with Crippen molar-refractivity contribution in [3.8, 4) is 0 Å². The quantitative estimate of drug-likeness (QED) is 0.331. The summed E-state index contributed by atoms with van der Waals surface area (Å²) in [4.78, 5) is 16.0. The third kappa shape index (κ3) is 8.23. The van der Waals surface area contributed by atoms with Crippen LogP contribution in [0.2, 0.25) is 0 Å². The summed E-state index contributed by atoms with van der Waals surface area (Å²) in [5.74, 6) is 2.08. The van der Waals surface area contributed by atoms with Crippen molar-refractivity contribution in [2.75, 3.05) is 25.9 Å². The Bertz CT molecular complexity index is 507. The predicted molar refractivity (Wildman–Crippen MR) is 113 cm³/mol. The van der Waals surface area contributed by atoms with Crippen LogP contribution in [-0.4, -0.2) is 43.0 Å². The van der Waals surface area contributed by atoms with Gasteiger partial charge in [0.1, 0.15) is 0 Å². The fourth-order valence-corrected chi connectivity index (χ4v) is 3.62. The van der Waals surface area contributed by atoms with Gasteiger partial charge in [-0.3, -0.25) is 9.79 Å². The lowest BCUT2D eigenvalue weighted by atomic mass is 10.2. The van der Waals surface area contributed by atoms with Crippen molar-refractivity contribution in [1.29, 1.82) is 0 Å². The van der Waals surface area contributed by atoms with Gasteiger partial charge in [-0.15, -0.1) is 24.0 Å². The molecule has 1 aliphatic rings. The number of hydrogen-bond acceptors (Lipinski definition) is 3. The molecule has 134 valence electrons. The Balaban J connectivity index is 0.00000288. The molecule has 0 aromatic heterocycles. The summed E-state index contributed by atoms with van der Waals surface area (Å²) in [6.45, 7) is 2.09. The minimum atomic E-state index is 0. The van der Waals surface area contributed by atoms with Crippen molar-refractivity contribution in [3.05, 3.63) is 35.9 Å². The van der Waals surface area contributed by atoms with Gasteiger partial charge in [0.05, 0.1) is 0 Å². The van der Waals surface area contributed by atoms with E-state index in [0.29, 0.717) is 24.8 Å². The Morgan fingerprint density at radius 2 is 2.04 bits per heavy atom. The highest BCUT2D eigenvalue weighted by Crippen LogP contribution is 2.25. The number of amides is 1. The molecule has 5 nitrogen and oxygen atoms in total. The van der Waals surface area contributed by atoms with Crippen LogP contribution in [-0.2, 0) is 11.3 Å². The molecular formula is C17H27IN4OS. The lowest BCUT2D eigenvalue weighted by Gasteiger charge is -2.14. The van der Waals surface area contributed by atoms with E-state index in [4.69, 9.17) is 0 Å². The van der Waals surface area contributed by atoms with E-state index >= 15 is 0 Å². The highest BCUT2D eigenvalue weighted by Gasteiger charge is 2.15. The summed E-state index contributed by atoms with van der Waals surface area (Å²) < 4.78 is 0. The van der Waals surface area contributed by atoms with Crippen LogP contribution >= 0.6 is 35.7 Å². The Kier molecular flexibility index (Phi) is 10.9. The van der Waals surface area contributed by atoms with E-state index in [1.54, 1.807) is 7.05 Å². The van der Waals surface area contributed by atoms with E-state index < -0.39 is 0 Å². The molecule has 3 N–H and O–H groups in total. The first-order valence-corrected chi connectivity index (χ1v) is 9.19. The molecule has 1 saturated heterocycles. The fraction of sp³-hybridized carbons (Fsp3) is 0.529. The zero-order chi connectivity index (χ0) is 16.3. The lowest BCUT2D eigenvalue weighted by molar-refractivity contribution is -0.121. The molecule has 0 bridgehead atoms. The number of aliphatic imine (C=N–C) groups is 1. The van der Waals surface area contributed by atoms with Crippen LogP contribution in [0.3, 0.4) is 0 Å². The normalized spacial score (nSPS) is 17.0. The maximum atomic E-state index is 11.8. The second-order valence-corrected chi connectivity index (χ2v) is 6.94. The van der Waals surface area contributed by atoms with Crippen LogP contribution in [0.1, 0.15) is 24.8 Å². The summed E-state index contributed by atoms with van der Waals surface area (Å²) in [7, 11) is 1.76. The largest absolute Gasteiger partial charge is 0.356 e. The van der Waals surface area contributed by atoms with Crippen LogP contribution < -0.4 is 16.0 Å². The summed E-state index contributed by atoms with van der Waals surface area (Å²) in [5.41, 5.74) is 1.11. The van der Waals surface area contributed by atoms with E-state index in [2.05, 4.69) is 20.9 Å². The number of benzene rings is 1. The first-order chi connectivity index (χ1) is 11.3. The summed E-state index contributed by atoms with van der Waals surface area (Å²) in [6, 6.07) is 9.93. The lowest BCUT2D eigenvalue weighted by Crippen LogP contribution is -2.41. The molecule has 1 aliphatic heterocycles. The van der Waals surface area contributed by atoms with Crippen molar-refractivity contribution in [2.45, 2.75) is 31.1 Å². The molecule has 1 aromatic carbocycles. The van der Waals surface area contributed by atoms with Gasteiger partial charge in [0.2, 0.25) is 5.91 Å². The van der Waals surface area contributed by atoms with Crippen molar-refractivity contribution in [2.24, 2.45) is 4.99 Å². The number of halogens is 1. The highest BCUT2D eigenvalue weighted by molar-refractivity contribution is 14.0. The van der Waals surface area contributed by atoms with Gasteiger partial charge in [0, 0.05) is 38.4 Å². The molecule has 24 heavy (non-hydrogen) atoms. The second kappa shape index (κ2) is 12.4.